The highest BCUT2D eigenvalue weighted by Gasteiger charge is 2.13. The van der Waals surface area contributed by atoms with Crippen molar-refractivity contribution in [3.05, 3.63) is 17.5 Å². The van der Waals surface area contributed by atoms with Crippen LogP contribution in [0.4, 0.5) is 0 Å². The van der Waals surface area contributed by atoms with Crippen LogP contribution in [-0.4, -0.2) is 46.8 Å². The SMILES string of the molecule is CCN(CC)CCNC(=O)c1cnn(CC)c1C. The van der Waals surface area contributed by atoms with Gasteiger partial charge < -0.3 is 10.2 Å². The Morgan fingerprint density at radius 3 is 2.56 bits per heavy atom. The molecule has 5 heteroatoms. The van der Waals surface area contributed by atoms with Crippen molar-refractivity contribution in [1.29, 1.82) is 0 Å². The molecule has 0 spiro atoms. The van der Waals surface area contributed by atoms with Crippen molar-refractivity contribution in [2.45, 2.75) is 34.2 Å². The fraction of sp³-hybridized carbons (Fsp3) is 0.692. The van der Waals surface area contributed by atoms with E-state index in [1.54, 1.807) is 6.20 Å². The minimum atomic E-state index is -0.0284. The lowest BCUT2D eigenvalue weighted by molar-refractivity contribution is 0.0948. The van der Waals surface area contributed by atoms with E-state index in [1.807, 2.05) is 18.5 Å². The highest BCUT2D eigenvalue weighted by Crippen LogP contribution is 2.06. The Hall–Kier alpha value is -1.36. The summed E-state index contributed by atoms with van der Waals surface area (Å²) in [6, 6.07) is 0. The van der Waals surface area contributed by atoms with Crippen LogP contribution in [0.25, 0.3) is 0 Å². The van der Waals surface area contributed by atoms with Crippen LogP contribution in [0, 0.1) is 6.92 Å². The molecule has 0 fully saturated rings. The number of rotatable bonds is 7. The van der Waals surface area contributed by atoms with E-state index >= 15 is 0 Å². The lowest BCUT2D eigenvalue weighted by Gasteiger charge is -2.17. The lowest BCUT2D eigenvalue weighted by atomic mass is 10.2. The molecule has 0 radical (unpaired) electrons. The Kier molecular flexibility index (Phi) is 5.85. The molecule has 0 aliphatic carbocycles. The first-order chi connectivity index (χ1) is 8.63. The first-order valence-electron chi connectivity index (χ1n) is 6.66. The summed E-state index contributed by atoms with van der Waals surface area (Å²) in [5.74, 6) is -0.0284. The number of nitrogens with zero attached hydrogens (tertiary/aromatic N) is 3. The van der Waals surface area contributed by atoms with E-state index in [9.17, 15) is 4.79 Å². The van der Waals surface area contributed by atoms with E-state index in [-0.39, 0.29) is 5.91 Å². The van der Waals surface area contributed by atoms with Crippen LogP contribution >= 0.6 is 0 Å². The molecule has 1 heterocycles. The van der Waals surface area contributed by atoms with Crippen molar-refractivity contribution in [3.8, 4) is 0 Å². The van der Waals surface area contributed by atoms with Gasteiger partial charge in [0.15, 0.2) is 0 Å². The number of nitrogens with one attached hydrogen (secondary N) is 1. The molecule has 0 saturated heterocycles. The number of amides is 1. The van der Waals surface area contributed by atoms with Gasteiger partial charge >= 0.3 is 0 Å². The number of carbonyl (C=O) groups excluding carboxylic acids is 1. The normalized spacial score (nSPS) is 10.9. The summed E-state index contributed by atoms with van der Waals surface area (Å²) in [7, 11) is 0. The van der Waals surface area contributed by atoms with Crippen LogP contribution in [0.2, 0.25) is 0 Å². The van der Waals surface area contributed by atoms with Gasteiger partial charge in [0, 0.05) is 25.3 Å². The molecule has 102 valence electrons. The third-order valence-electron chi connectivity index (χ3n) is 3.26. The number of aryl methyl sites for hydroxylation is 1. The smallest absolute Gasteiger partial charge is 0.254 e. The summed E-state index contributed by atoms with van der Waals surface area (Å²) >= 11 is 0. The third-order valence-corrected chi connectivity index (χ3v) is 3.26. The summed E-state index contributed by atoms with van der Waals surface area (Å²) in [5, 5.41) is 7.12. The maximum absolute atomic E-state index is 12.0. The molecule has 0 saturated carbocycles. The van der Waals surface area contributed by atoms with Gasteiger partial charge in [-0.05, 0) is 26.9 Å². The van der Waals surface area contributed by atoms with Crippen molar-refractivity contribution in [3.63, 3.8) is 0 Å². The van der Waals surface area contributed by atoms with Crippen molar-refractivity contribution >= 4 is 5.91 Å². The minimum absolute atomic E-state index is 0.0284. The molecule has 0 aromatic carbocycles. The second kappa shape index (κ2) is 7.16. The van der Waals surface area contributed by atoms with E-state index in [0.29, 0.717) is 12.1 Å². The van der Waals surface area contributed by atoms with Gasteiger partial charge in [-0.3, -0.25) is 9.48 Å². The Bertz CT molecular complexity index is 382. The molecule has 0 aliphatic heterocycles. The Morgan fingerprint density at radius 2 is 2.06 bits per heavy atom. The zero-order chi connectivity index (χ0) is 13.5. The molecule has 5 nitrogen and oxygen atoms in total. The zero-order valence-corrected chi connectivity index (χ0v) is 11.9. The first-order valence-corrected chi connectivity index (χ1v) is 6.66. The van der Waals surface area contributed by atoms with E-state index in [4.69, 9.17) is 0 Å². The summed E-state index contributed by atoms with van der Waals surface area (Å²) in [6.45, 7) is 12.6. The molecule has 1 aromatic rings. The summed E-state index contributed by atoms with van der Waals surface area (Å²) in [4.78, 5) is 14.3. The quantitative estimate of drug-likeness (QED) is 0.795. The summed E-state index contributed by atoms with van der Waals surface area (Å²) in [5.41, 5.74) is 1.61. The number of likely N-dealkylation sites (N-methyl/N-ethyl adjacent to an activating group) is 1. The lowest BCUT2D eigenvalue weighted by Crippen LogP contribution is -2.34. The number of carbonyl (C=O) groups is 1. The fourth-order valence-corrected chi connectivity index (χ4v) is 1.95. The molecule has 1 rings (SSSR count). The highest BCUT2D eigenvalue weighted by atomic mass is 16.1. The van der Waals surface area contributed by atoms with Crippen molar-refractivity contribution < 1.29 is 4.79 Å². The van der Waals surface area contributed by atoms with Crippen LogP contribution in [0.1, 0.15) is 36.8 Å². The molecule has 1 amide bonds. The molecular weight excluding hydrogens is 228 g/mol. The molecule has 18 heavy (non-hydrogen) atoms. The second-order valence-electron chi connectivity index (χ2n) is 4.24. The van der Waals surface area contributed by atoms with Crippen molar-refractivity contribution in [2.24, 2.45) is 0 Å². The molecule has 0 unspecified atom stereocenters. The van der Waals surface area contributed by atoms with Crippen LogP contribution in [0.3, 0.4) is 0 Å². The molecule has 1 aromatic heterocycles. The second-order valence-corrected chi connectivity index (χ2v) is 4.24. The van der Waals surface area contributed by atoms with Gasteiger partial charge in [0.1, 0.15) is 0 Å². The van der Waals surface area contributed by atoms with E-state index in [1.165, 1.54) is 0 Å². The van der Waals surface area contributed by atoms with Crippen LogP contribution in [0.15, 0.2) is 6.20 Å². The van der Waals surface area contributed by atoms with Gasteiger partial charge in [-0.15, -0.1) is 0 Å². The van der Waals surface area contributed by atoms with Gasteiger partial charge in [0.2, 0.25) is 0 Å². The summed E-state index contributed by atoms with van der Waals surface area (Å²) in [6.07, 6.45) is 1.64. The Morgan fingerprint density at radius 1 is 1.39 bits per heavy atom. The van der Waals surface area contributed by atoms with Gasteiger partial charge in [-0.2, -0.15) is 5.10 Å². The van der Waals surface area contributed by atoms with Crippen LogP contribution in [0.5, 0.6) is 0 Å². The molecular formula is C13H24N4O. The average molecular weight is 252 g/mol. The summed E-state index contributed by atoms with van der Waals surface area (Å²) < 4.78 is 1.83. The predicted octanol–water partition coefficient (Wildman–Crippen LogP) is 1.28. The zero-order valence-electron chi connectivity index (χ0n) is 11.9. The average Bonchev–Trinajstić information content (AvgIpc) is 2.75. The topological polar surface area (TPSA) is 50.2 Å². The number of hydrogen-bond donors (Lipinski definition) is 1. The highest BCUT2D eigenvalue weighted by molar-refractivity contribution is 5.95. The number of hydrogen-bond acceptors (Lipinski definition) is 3. The number of aromatic nitrogens is 2. The van der Waals surface area contributed by atoms with E-state index < -0.39 is 0 Å². The van der Waals surface area contributed by atoms with Gasteiger partial charge in [-0.25, -0.2) is 0 Å². The van der Waals surface area contributed by atoms with Crippen molar-refractivity contribution in [1.82, 2.24) is 20.0 Å². The largest absolute Gasteiger partial charge is 0.351 e. The fourth-order valence-electron chi connectivity index (χ4n) is 1.95. The standard InChI is InChI=1S/C13H24N4O/c1-5-16(6-2)9-8-14-13(18)12-10-15-17(7-3)11(12)4/h10H,5-9H2,1-4H3,(H,14,18). The minimum Gasteiger partial charge on any atom is -0.351 e. The first kappa shape index (κ1) is 14.7. The monoisotopic (exact) mass is 252 g/mol. The van der Waals surface area contributed by atoms with Crippen LogP contribution in [-0.2, 0) is 6.54 Å². The Labute approximate surface area is 109 Å². The van der Waals surface area contributed by atoms with Crippen molar-refractivity contribution in [2.75, 3.05) is 26.2 Å². The van der Waals surface area contributed by atoms with Gasteiger partial charge in [-0.1, -0.05) is 13.8 Å². The predicted molar refractivity (Wildman–Crippen MR) is 72.8 cm³/mol. The maximum Gasteiger partial charge on any atom is 0.254 e. The van der Waals surface area contributed by atoms with Crippen LogP contribution < -0.4 is 5.32 Å². The van der Waals surface area contributed by atoms with Gasteiger partial charge in [0.25, 0.3) is 5.91 Å². The van der Waals surface area contributed by atoms with E-state index in [2.05, 4.69) is 29.2 Å². The molecule has 0 bridgehead atoms. The molecule has 0 aliphatic rings. The maximum atomic E-state index is 12.0. The van der Waals surface area contributed by atoms with Gasteiger partial charge in [0.05, 0.1) is 11.8 Å². The van der Waals surface area contributed by atoms with E-state index in [0.717, 1.165) is 31.9 Å². The molecule has 0 atom stereocenters. The third kappa shape index (κ3) is 3.57. The Balaban J connectivity index is 2.48. The molecule has 1 N–H and O–H groups in total.